The normalized spacial score (nSPS) is 10.6. The maximum Gasteiger partial charge on any atom is 0.387 e. The zero-order valence-electron chi connectivity index (χ0n) is 11.5. The average Bonchev–Trinajstić information content (AvgIpc) is 2.77. The van der Waals surface area contributed by atoms with Crippen molar-refractivity contribution < 1.29 is 13.5 Å². The van der Waals surface area contributed by atoms with E-state index >= 15 is 0 Å². The van der Waals surface area contributed by atoms with Crippen LogP contribution in [0.5, 0.6) is 5.75 Å². The van der Waals surface area contributed by atoms with Gasteiger partial charge in [0.2, 0.25) is 0 Å². The molecule has 0 atom stereocenters. The molecular weight excluding hydrogens is 276 g/mol. The number of imidazole rings is 1. The molecule has 0 bridgehead atoms. The molecule has 1 heterocycles. The molecule has 0 radical (unpaired) electrons. The fourth-order valence-electron chi connectivity index (χ4n) is 2.06. The first kappa shape index (κ1) is 14.9. The fraction of sp³-hybridized carbons (Fsp3) is 0.267. The van der Waals surface area contributed by atoms with Crippen molar-refractivity contribution in [1.29, 1.82) is 0 Å². The summed E-state index contributed by atoms with van der Waals surface area (Å²) >= 11 is 0. The second kappa shape index (κ2) is 6.27. The molecule has 0 spiro atoms. The van der Waals surface area contributed by atoms with Crippen molar-refractivity contribution in [2.45, 2.75) is 26.5 Å². The molecule has 2 aromatic rings. The molecule has 0 amide bonds. The Balaban J connectivity index is 2.36. The number of ether oxygens (including phenoxy) is 1. The number of alkyl halides is 2. The molecule has 0 saturated heterocycles. The van der Waals surface area contributed by atoms with Crippen molar-refractivity contribution in [3.05, 3.63) is 30.1 Å². The number of hydrogen-bond acceptors (Lipinski definition) is 3. The standard InChI is InChI=1S/C15H15F2N3O/c1-3-9-20-12(4-2)19-13(14(20)18)10-5-7-11(8-6-10)21-15(16)17/h1,5-8,15H,4,9,18H2,2H3. The highest BCUT2D eigenvalue weighted by atomic mass is 19.3. The Morgan fingerprint density at radius 3 is 2.57 bits per heavy atom. The summed E-state index contributed by atoms with van der Waals surface area (Å²) in [5, 5.41) is 0. The molecule has 2 N–H and O–H groups in total. The summed E-state index contributed by atoms with van der Waals surface area (Å²) in [5.74, 6) is 3.87. The number of aryl methyl sites for hydroxylation is 1. The van der Waals surface area contributed by atoms with Crippen LogP contribution >= 0.6 is 0 Å². The summed E-state index contributed by atoms with van der Waals surface area (Å²) in [5.41, 5.74) is 7.38. The zero-order chi connectivity index (χ0) is 15.4. The van der Waals surface area contributed by atoms with Crippen LogP contribution in [0.3, 0.4) is 0 Å². The van der Waals surface area contributed by atoms with Gasteiger partial charge in [0.25, 0.3) is 0 Å². The van der Waals surface area contributed by atoms with Crippen LogP contribution in [-0.4, -0.2) is 16.2 Å². The Morgan fingerprint density at radius 1 is 1.38 bits per heavy atom. The second-order valence-corrected chi connectivity index (χ2v) is 4.31. The Kier molecular flexibility index (Phi) is 4.43. The van der Waals surface area contributed by atoms with Crippen molar-refractivity contribution in [2.75, 3.05) is 5.73 Å². The first-order chi connectivity index (χ1) is 10.1. The molecule has 1 aromatic carbocycles. The molecule has 6 heteroatoms. The first-order valence-corrected chi connectivity index (χ1v) is 6.40. The quantitative estimate of drug-likeness (QED) is 0.862. The lowest BCUT2D eigenvalue weighted by atomic mass is 10.1. The van der Waals surface area contributed by atoms with Gasteiger partial charge in [0.05, 0.1) is 6.54 Å². The average molecular weight is 291 g/mol. The molecular formula is C15H15F2N3O. The van der Waals surface area contributed by atoms with E-state index in [4.69, 9.17) is 12.2 Å². The van der Waals surface area contributed by atoms with E-state index in [1.165, 1.54) is 12.1 Å². The van der Waals surface area contributed by atoms with Gasteiger partial charge >= 0.3 is 6.61 Å². The molecule has 4 nitrogen and oxygen atoms in total. The van der Waals surface area contributed by atoms with Gasteiger partial charge in [-0.2, -0.15) is 8.78 Å². The minimum atomic E-state index is -2.84. The lowest BCUT2D eigenvalue weighted by Crippen LogP contribution is -2.05. The SMILES string of the molecule is C#CCn1c(CC)nc(-c2ccc(OC(F)F)cc2)c1N. The molecule has 110 valence electrons. The first-order valence-electron chi connectivity index (χ1n) is 6.40. The maximum atomic E-state index is 12.1. The largest absolute Gasteiger partial charge is 0.435 e. The van der Waals surface area contributed by atoms with E-state index < -0.39 is 6.61 Å². The van der Waals surface area contributed by atoms with Crippen molar-refractivity contribution in [3.63, 3.8) is 0 Å². The number of benzene rings is 1. The van der Waals surface area contributed by atoms with Crippen LogP contribution in [0.1, 0.15) is 12.7 Å². The monoisotopic (exact) mass is 291 g/mol. The van der Waals surface area contributed by atoms with Gasteiger partial charge in [-0.05, 0) is 24.3 Å². The Hall–Kier alpha value is -2.55. The molecule has 21 heavy (non-hydrogen) atoms. The predicted molar refractivity (Wildman–Crippen MR) is 76.9 cm³/mol. The van der Waals surface area contributed by atoms with Crippen LogP contribution < -0.4 is 10.5 Å². The molecule has 0 aliphatic carbocycles. The molecule has 0 saturated carbocycles. The Bertz CT molecular complexity index is 657. The Morgan fingerprint density at radius 2 is 2.05 bits per heavy atom. The highest BCUT2D eigenvalue weighted by Crippen LogP contribution is 2.28. The van der Waals surface area contributed by atoms with Crippen LogP contribution in [0.25, 0.3) is 11.3 Å². The van der Waals surface area contributed by atoms with Gasteiger partial charge in [0.1, 0.15) is 23.1 Å². The number of nitrogens with zero attached hydrogens (tertiary/aromatic N) is 2. The van der Waals surface area contributed by atoms with Crippen LogP contribution in [-0.2, 0) is 13.0 Å². The van der Waals surface area contributed by atoms with E-state index in [9.17, 15) is 8.78 Å². The predicted octanol–water partition coefficient (Wildman–Crippen LogP) is 2.93. The minimum Gasteiger partial charge on any atom is -0.435 e. The molecule has 0 aliphatic heterocycles. The van der Waals surface area contributed by atoms with Gasteiger partial charge in [0.15, 0.2) is 0 Å². The number of anilines is 1. The highest BCUT2D eigenvalue weighted by molar-refractivity contribution is 5.71. The number of terminal acetylenes is 1. The van der Waals surface area contributed by atoms with Gasteiger partial charge in [-0.1, -0.05) is 12.8 Å². The van der Waals surface area contributed by atoms with Gasteiger partial charge in [-0.15, -0.1) is 6.42 Å². The van der Waals surface area contributed by atoms with Crippen LogP contribution in [0, 0.1) is 12.3 Å². The third kappa shape index (κ3) is 3.14. The van der Waals surface area contributed by atoms with Crippen molar-refractivity contribution in [1.82, 2.24) is 9.55 Å². The van der Waals surface area contributed by atoms with E-state index in [2.05, 4.69) is 15.6 Å². The summed E-state index contributed by atoms with van der Waals surface area (Å²) in [4.78, 5) is 4.46. The van der Waals surface area contributed by atoms with Crippen molar-refractivity contribution >= 4 is 5.82 Å². The number of halogens is 2. The van der Waals surface area contributed by atoms with Crippen molar-refractivity contribution in [2.24, 2.45) is 0 Å². The topological polar surface area (TPSA) is 53.1 Å². The van der Waals surface area contributed by atoms with E-state index in [1.54, 1.807) is 16.7 Å². The van der Waals surface area contributed by atoms with Crippen LogP contribution in [0.2, 0.25) is 0 Å². The fourth-order valence-corrected chi connectivity index (χ4v) is 2.06. The van der Waals surface area contributed by atoms with Gasteiger partial charge in [0, 0.05) is 12.0 Å². The van der Waals surface area contributed by atoms with E-state index in [0.29, 0.717) is 24.5 Å². The second-order valence-electron chi connectivity index (χ2n) is 4.31. The highest BCUT2D eigenvalue weighted by Gasteiger charge is 2.15. The number of rotatable bonds is 5. The lowest BCUT2D eigenvalue weighted by molar-refractivity contribution is -0.0498. The third-order valence-electron chi connectivity index (χ3n) is 3.00. The van der Waals surface area contributed by atoms with Crippen molar-refractivity contribution in [3.8, 4) is 29.4 Å². The van der Waals surface area contributed by atoms with Crippen LogP contribution in [0.15, 0.2) is 24.3 Å². The number of aromatic nitrogens is 2. The zero-order valence-corrected chi connectivity index (χ0v) is 11.5. The smallest absolute Gasteiger partial charge is 0.387 e. The van der Waals surface area contributed by atoms with E-state index in [-0.39, 0.29) is 5.75 Å². The van der Waals surface area contributed by atoms with Crippen LogP contribution in [0.4, 0.5) is 14.6 Å². The van der Waals surface area contributed by atoms with Gasteiger partial charge < -0.3 is 15.0 Å². The summed E-state index contributed by atoms with van der Waals surface area (Å²) in [6, 6.07) is 6.17. The minimum absolute atomic E-state index is 0.0890. The molecule has 2 rings (SSSR count). The van der Waals surface area contributed by atoms with E-state index in [1.807, 2.05) is 6.92 Å². The number of nitrogens with two attached hydrogens (primary N) is 1. The lowest BCUT2D eigenvalue weighted by Gasteiger charge is -2.06. The number of hydrogen-bond donors (Lipinski definition) is 1. The molecule has 1 aromatic heterocycles. The molecule has 0 fully saturated rings. The Labute approximate surface area is 121 Å². The summed E-state index contributed by atoms with van der Waals surface area (Å²) in [7, 11) is 0. The summed E-state index contributed by atoms with van der Waals surface area (Å²) in [6.07, 6.45) is 6.02. The summed E-state index contributed by atoms with van der Waals surface area (Å²) < 4.78 is 30.3. The maximum absolute atomic E-state index is 12.1. The van der Waals surface area contributed by atoms with E-state index in [0.717, 1.165) is 11.4 Å². The van der Waals surface area contributed by atoms with Gasteiger partial charge in [-0.25, -0.2) is 4.98 Å². The third-order valence-corrected chi connectivity index (χ3v) is 3.00. The number of nitrogen functional groups attached to an aromatic ring is 1. The molecule has 0 aliphatic rings. The van der Waals surface area contributed by atoms with Gasteiger partial charge in [-0.3, -0.25) is 0 Å². The summed E-state index contributed by atoms with van der Waals surface area (Å²) in [6.45, 7) is -0.547. The molecule has 0 unspecified atom stereocenters.